The van der Waals surface area contributed by atoms with Gasteiger partial charge in [-0.1, -0.05) is 12.1 Å². The quantitative estimate of drug-likeness (QED) is 0.431. The van der Waals surface area contributed by atoms with Crippen LogP contribution in [0.1, 0.15) is 34.2 Å². The third-order valence-electron chi connectivity index (χ3n) is 7.48. The molecule has 0 spiro atoms. The average Bonchev–Trinajstić information content (AvgIpc) is 3.54. The number of benzene rings is 3. The number of esters is 1. The van der Waals surface area contributed by atoms with E-state index >= 15 is 0 Å². The minimum absolute atomic E-state index is 0.0737. The number of carbonyl (C=O) groups excluding carboxylic acids is 1. The number of hydrogen-bond donors (Lipinski definition) is 3. The van der Waals surface area contributed by atoms with Crippen LogP contribution in [0.4, 0.5) is 5.69 Å². The molecule has 4 atom stereocenters. The molecule has 0 saturated carbocycles. The van der Waals surface area contributed by atoms with Gasteiger partial charge in [0.15, 0.2) is 23.0 Å². The van der Waals surface area contributed by atoms with Crippen molar-refractivity contribution in [3.8, 4) is 28.7 Å². The van der Waals surface area contributed by atoms with Crippen LogP contribution < -0.4 is 24.3 Å². The highest BCUT2D eigenvalue weighted by atomic mass is 16.7. The molecule has 9 nitrogen and oxygen atoms in total. The van der Waals surface area contributed by atoms with Gasteiger partial charge in [0, 0.05) is 17.5 Å². The molecular weight excluding hydrogens is 478 g/mol. The largest absolute Gasteiger partial charge is 0.502 e. The van der Waals surface area contributed by atoms with Crippen LogP contribution in [-0.2, 0) is 16.1 Å². The van der Waals surface area contributed by atoms with Gasteiger partial charge in [-0.05, 0) is 58.7 Å². The summed E-state index contributed by atoms with van der Waals surface area (Å²) in [5, 5.41) is 23.7. The summed E-state index contributed by atoms with van der Waals surface area (Å²) in [6, 6.07) is 14.6. The van der Waals surface area contributed by atoms with E-state index in [1.54, 1.807) is 12.1 Å². The zero-order valence-corrected chi connectivity index (χ0v) is 20.4. The molecule has 0 aromatic heterocycles. The van der Waals surface area contributed by atoms with Crippen molar-refractivity contribution in [1.82, 2.24) is 0 Å². The molecule has 2 heterocycles. The van der Waals surface area contributed by atoms with Gasteiger partial charge in [0.25, 0.3) is 0 Å². The van der Waals surface area contributed by atoms with Crippen molar-refractivity contribution in [3.05, 3.63) is 70.8 Å². The lowest BCUT2D eigenvalue weighted by Gasteiger charge is -2.40. The number of fused-ring (bicyclic) bond motifs is 3. The van der Waals surface area contributed by atoms with Crippen LogP contribution in [0.5, 0.6) is 28.7 Å². The van der Waals surface area contributed by atoms with Crippen LogP contribution in [0.15, 0.2) is 48.5 Å². The van der Waals surface area contributed by atoms with E-state index in [9.17, 15) is 15.0 Å². The second kappa shape index (κ2) is 9.08. The first kappa shape index (κ1) is 23.3. The summed E-state index contributed by atoms with van der Waals surface area (Å²) < 4.78 is 27.9. The third-order valence-corrected chi connectivity index (χ3v) is 7.48. The molecule has 1 saturated heterocycles. The van der Waals surface area contributed by atoms with Crippen molar-refractivity contribution in [2.75, 3.05) is 32.9 Å². The zero-order valence-electron chi connectivity index (χ0n) is 20.4. The van der Waals surface area contributed by atoms with Gasteiger partial charge in [0.1, 0.15) is 0 Å². The molecule has 6 rings (SSSR count). The molecular formula is C28H27NO8. The summed E-state index contributed by atoms with van der Waals surface area (Å²) in [6.45, 7) is 0.294. The standard InChI is InChI=1S/C28H27NO8/c1-33-22-7-15(8-23(34-2)27(22)31)24-17-9-20-21(37-13-36-20)10-18(17)26(19-12-35-28(32)25(19)24)29-16-5-3-4-14(6-16)11-30/h3-10,19,24-26,29-31H,11-13H2,1-2H3. The van der Waals surface area contributed by atoms with Gasteiger partial charge in [-0.15, -0.1) is 0 Å². The van der Waals surface area contributed by atoms with Crippen molar-refractivity contribution in [2.45, 2.75) is 18.6 Å². The lowest BCUT2D eigenvalue weighted by Crippen LogP contribution is -2.37. The van der Waals surface area contributed by atoms with Crippen LogP contribution in [0.3, 0.4) is 0 Å². The molecule has 3 aliphatic rings. The minimum Gasteiger partial charge on any atom is -0.502 e. The molecule has 4 unspecified atom stereocenters. The van der Waals surface area contributed by atoms with E-state index in [1.165, 1.54) is 14.2 Å². The van der Waals surface area contributed by atoms with Crippen LogP contribution >= 0.6 is 0 Å². The highest BCUT2D eigenvalue weighted by Crippen LogP contribution is 2.56. The van der Waals surface area contributed by atoms with E-state index in [-0.39, 0.29) is 55.2 Å². The number of phenolic OH excluding ortho intramolecular Hbond substituents is 1. The number of aliphatic hydroxyl groups excluding tert-OH is 1. The Bertz CT molecular complexity index is 1350. The second-order valence-corrected chi connectivity index (χ2v) is 9.39. The predicted molar refractivity (Wildman–Crippen MR) is 132 cm³/mol. The molecule has 0 amide bonds. The third kappa shape index (κ3) is 3.77. The van der Waals surface area contributed by atoms with Crippen LogP contribution in [0, 0.1) is 11.8 Å². The highest BCUT2D eigenvalue weighted by Gasteiger charge is 2.52. The molecule has 0 radical (unpaired) electrons. The van der Waals surface area contributed by atoms with Gasteiger partial charge in [0.2, 0.25) is 12.5 Å². The van der Waals surface area contributed by atoms with Crippen molar-refractivity contribution >= 4 is 11.7 Å². The first-order chi connectivity index (χ1) is 18.0. The number of rotatable bonds is 6. The fraction of sp³-hybridized carbons (Fsp3) is 0.321. The second-order valence-electron chi connectivity index (χ2n) is 9.39. The summed E-state index contributed by atoms with van der Waals surface area (Å²) in [7, 11) is 2.94. The number of phenols is 1. The SMILES string of the molecule is COc1cc(C2c3cc4c(cc3C(Nc3cccc(CO)c3)C3COC(=O)C23)OCO4)cc(OC)c1O. The molecule has 192 valence electrons. The van der Waals surface area contributed by atoms with Crippen molar-refractivity contribution in [3.63, 3.8) is 0 Å². The number of cyclic esters (lactones) is 1. The molecule has 0 bridgehead atoms. The van der Waals surface area contributed by atoms with Crippen LogP contribution in [0.25, 0.3) is 0 Å². The Balaban J connectivity index is 1.54. The fourth-order valence-corrected chi connectivity index (χ4v) is 5.78. The number of aliphatic hydroxyl groups is 1. The molecule has 2 aliphatic heterocycles. The van der Waals surface area contributed by atoms with Crippen LogP contribution in [-0.4, -0.2) is 43.8 Å². The molecule has 1 fully saturated rings. The van der Waals surface area contributed by atoms with Gasteiger partial charge in [0.05, 0.1) is 39.4 Å². The van der Waals surface area contributed by atoms with E-state index < -0.39 is 11.8 Å². The van der Waals surface area contributed by atoms with E-state index in [2.05, 4.69) is 5.32 Å². The van der Waals surface area contributed by atoms with Crippen molar-refractivity contribution < 1.29 is 38.7 Å². The molecule has 1 aliphatic carbocycles. The van der Waals surface area contributed by atoms with Crippen molar-refractivity contribution in [1.29, 1.82) is 0 Å². The Kier molecular flexibility index (Phi) is 5.72. The minimum atomic E-state index is -0.509. The normalized spacial score (nSPS) is 23.2. The highest BCUT2D eigenvalue weighted by molar-refractivity contribution is 5.79. The summed E-state index contributed by atoms with van der Waals surface area (Å²) in [5.74, 6) is 0.227. The van der Waals surface area contributed by atoms with E-state index in [0.717, 1.165) is 27.9 Å². The lowest BCUT2D eigenvalue weighted by molar-refractivity contribution is -0.141. The molecule has 9 heteroatoms. The number of nitrogens with one attached hydrogen (secondary N) is 1. The summed E-state index contributed by atoms with van der Waals surface area (Å²) in [4.78, 5) is 13.3. The topological polar surface area (TPSA) is 116 Å². The maximum atomic E-state index is 13.3. The Morgan fingerprint density at radius 2 is 1.68 bits per heavy atom. The monoisotopic (exact) mass is 505 g/mol. The zero-order chi connectivity index (χ0) is 25.7. The lowest BCUT2D eigenvalue weighted by atomic mass is 9.65. The summed E-state index contributed by atoms with van der Waals surface area (Å²) in [6.07, 6.45) is 0. The number of methoxy groups -OCH3 is 2. The number of ether oxygens (including phenoxy) is 5. The fourth-order valence-electron chi connectivity index (χ4n) is 5.78. The summed E-state index contributed by atoms with van der Waals surface area (Å²) in [5.41, 5.74) is 4.19. The number of hydrogen-bond acceptors (Lipinski definition) is 9. The average molecular weight is 506 g/mol. The van der Waals surface area contributed by atoms with Crippen LogP contribution in [0.2, 0.25) is 0 Å². The number of carbonyl (C=O) groups is 1. The first-order valence-electron chi connectivity index (χ1n) is 12.0. The summed E-state index contributed by atoms with van der Waals surface area (Å²) >= 11 is 0. The van der Waals surface area contributed by atoms with E-state index in [4.69, 9.17) is 23.7 Å². The molecule has 3 aromatic carbocycles. The maximum Gasteiger partial charge on any atom is 0.310 e. The number of anilines is 1. The van der Waals surface area contributed by atoms with Gasteiger partial charge in [-0.2, -0.15) is 0 Å². The maximum absolute atomic E-state index is 13.3. The predicted octanol–water partition coefficient (Wildman–Crippen LogP) is 3.72. The smallest absolute Gasteiger partial charge is 0.310 e. The van der Waals surface area contributed by atoms with E-state index in [0.29, 0.717) is 11.5 Å². The first-order valence-corrected chi connectivity index (χ1v) is 12.0. The van der Waals surface area contributed by atoms with Gasteiger partial charge in [-0.25, -0.2) is 0 Å². The molecule has 3 aromatic rings. The van der Waals surface area contributed by atoms with Crippen molar-refractivity contribution in [2.24, 2.45) is 11.8 Å². The van der Waals surface area contributed by atoms with Gasteiger partial charge >= 0.3 is 5.97 Å². The molecule has 37 heavy (non-hydrogen) atoms. The van der Waals surface area contributed by atoms with Gasteiger partial charge in [-0.3, -0.25) is 4.79 Å². The number of aromatic hydroxyl groups is 1. The van der Waals surface area contributed by atoms with Gasteiger partial charge < -0.3 is 39.2 Å². The Morgan fingerprint density at radius 3 is 2.35 bits per heavy atom. The Morgan fingerprint density at radius 1 is 0.973 bits per heavy atom. The Labute approximate surface area is 213 Å². The molecule has 3 N–H and O–H groups in total. The Hall–Kier alpha value is -4.11. The van der Waals surface area contributed by atoms with E-state index in [1.807, 2.05) is 36.4 Å².